The fourth-order valence-corrected chi connectivity index (χ4v) is 1.40. The van der Waals surface area contributed by atoms with Crippen LogP contribution in [0.2, 0.25) is 0 Å². The minimum absolute atomic E-state index is 0.0196. The van der Waals surface area contributed by atoms with Crippen LogP contribution in [0.3, 0.4) is 0 Å². The number of carbonyl (C=O) groups excluding carboxylic acids is 1. The summed E-state index contributed by atoms with van der Waals surface area (Å²) >= 11 is 0. The molecule has 0 bridgehead atoms. The SMILES string of the molecule is CCC(=O)N(C)[C@@H](CO)C(C)(C)C. The molecule has 0 unspecified atom stereocenters. The topological polar surface area (TPSA) is 40.5 Å². The van der Waals surface area contributed by atoms with Gasteiger partial charge in [0.25, 0.3) is 0 Å². The number of likely N-dealkylation sites (N-methyl/N-ethyl adjacent to an activating group) is 1. The van der Waals surface area contributed by atoms with Gasteiger partial charge in [0, 0.05) is 13.5 Å². The predicted octanol–water partition coefficient (Wildman–Crippen LogP) is 1.26. The largest absolute Gasteiger partial charge is 0.394 e. The van der Waals surface area contributed by atoms with Crippen molar-refractivity contribution in [2.45, 2.75) is 40.2 Å². The van der Waals surface area contributed by atoms with Gasteiger partial charge in [-0.05, 0) is 5.41 Å². The van der Waals surface area contributed by atoms with Gasteiger partial charge in [-0.1, -0.05) is 27.7 Å². The lowest BCUT2D eigenvalue weighted by molar-refractivity contribution is -0.135. The van der Waals surface area contributed by atoms with Crippen LogP contribution in [-0.2, 0) is 4.79 Å². The van der Waals surface area contributed by atoms with Gasteiger partial charge in [0.1, 0.15) is 0 Å². The minimum Gasteiger partial charge on any atom is -0.394 e. The van der Waals surface area contributed by atoms with Gasteiger partial charge in [-0.3, -0.25) is 4.79 Å². The minimum atomic E-state index is -0.0973. The average molecular weight is 187 g/mol. The fourth-order valence-electron chi connectivity index (χ4n) is 1.40. The summed E-state index contributed by atoms with van der Waals surface area (Å²) in [4.78, 5) is 13.0. The third-order valence-electron chi connectivity index (χ3n) is 2.34. The Morgan fingerprint density at radius 2 is 1.92 bits per heavy atom. The van der Waals surface area contributed by atoms with E-state index < -0.39 is 0 Å². The molecule has 0 aromatic rings. The Morgan fingerprint density at radius 1 is 1.46 bits per heavy atom. The van der Waals surface area contributed by atoms with Crippen molar-refractivity contribution >= 4 is 5.91 Å². The second-order valence-electron chi connectivity index (χ2n) is 4.42. The standard InChI is InChI=1S/C10H21NO2/c1-6-9(13)11(5)8(7-12)10(2,3)4/h8,12H,6-7H2,1-5H3/t8-/m0/s1. The average Bonchev–Trinajstić information content (AvgIpc) is 2.01. The maximum Gasteiger partial charge on any atom is 0.222 e. The number of carbonyl (C=O) groups is 1. The quantitative estimate of drug-likeness (QED) is 0.722. The van der Waals surface area contributed by atoms with E-state index in [0.717, 1.165) is 0 Å². The summed E-state index contributed by atoms with van der Waals surface area (Å²) in [7, 11) is 1.75. The van der Waals surface area contributed by atoms with Crippen LogP contribution >= 0.6 is 0 Å². The van der Waals surface area contributed by atoms with E-state index in [0.29, 0.717) is 6.42 Å². The summed E-state index contributed by atoms with van der Waals surface area (Å²) in [5.74, 6) is 0.0778. The molecule has 0 spiro atoms. The van der Waals surface area contributed by atoms with E-state index >= 15 is 0 Å². The molecule has 0 aromatic heterocycles. The van der Waals surface area contributed by atoms with Crippen LogP contribution in [0.25, 0.3) is 0 Å². The van der Waals surface area contributed by atoms with Gasteiger partial charge in [-0.25, -0.2) is 0 Å². The maximum absolute atomic E-state index is 11.4. The zero-order chi connectivity index (χ0) is 10.6. The van der Waals surface area contributed by atoms with Gasteiger partial charge >= 0.3 is 0 Å². The molecular weight excluding hydrogens is 166 g/mol. The molecule has 1 atom stereocenters. The molecule has 78 valence electrons. The van der Waals surface area contributed by atoms with Crippen molar-refractivity contribution in [3.05, 3.63) is 0 Å². The van der Waals surface area contributed by atoms with E-state index in [4.69, 9.17) is 0 Å². The van der Waals surface area contributed by atoms with E-state index in [2.05, 4.69) is 0 Å². The van der Waals surface area contributed by atoms with E-state index in [1.54, 1.807) is 11.9 Å². The number of aliphatic hydroxyl groups is 1. The van der Waals surface area contributed by atoms with Crippen molar-refractivity contribution < 1.29 is 9.90 Å². The van der Waals surface area contributed by atoms with E-state index in [-0.39, 0.29) is 24.0 Å². The molecule has 0 aliphatic carbocycles. The Kier molecular flexibility index (Phi) is 4.40. The van der Waals surface area contributed by atoms with Crippen LogP contribution in [0.4, 0.5) is 0 Å². The molecule has 1 amide bonds. The molecule has 0 aliphatic rings. The van der Waals surface area contributed by atoms with Crippen molar-refractivity contribution in [1.29, 1.82) is 0 Å². The van der Waals surface area contributed by atoms with Crippen molar-refractivity contribution in [3.8, 4) is 0 Å². The second-order valence-corrected chi connectivity index (χ2v) is 4.42. The highest BCUT2D eigenvalue weighted by molar-refractivity contribution is 5.75. The first kappa shape index (κ1) is 12.4. The Balaban J connectivity index is 4.50. The summed E-state index contributed by atoms with van der Waals surface area (Å²) in [6.07, 6.45) is 0.489. The third kappa shape index (κ3) is 3.35. The van der Waals surface area contributed by atoms with Gasteiger partial charge in [-0.15, -0.1) is 0 Å². The van der Waals surface area contributed by atoms with E-state index in [1.807, 2.05) is 27.7 Å². The van der Waals surface area contributed by atoms with E-state index in [1.165, 1.54) is 0 Å². The Labute approximate surface area is 80.7 Å². The highest BCUT2D eigenvalue weighted by atomic mass is 16.3. The normalized spacial score (nSPS) is 14.0. The Bertz CT molecular complexity index is 172. The number of aliphatic hydroxyl groups excluding tert-OH is 1. The molecule has 0 radical (unpaired) electrons. The molecule has 0 aliphatic heterocycles. The molecule has 13 heavy (non-hydrogen) atoms. The highest BCUT2D eigenvalue weighted by Gasteiger charge is 2.29. The molecule has 3 nitrogen and oxygen atoms in total. The van der Waals surface area contributed by atoms with Crippen LogP contribution in [0, 0.1) is 5.41 Å². The van der Waals surface area contributed by atoms with Crippen LogP contribution in [0.15, 0.2) is 0 Å². The Morgan fingerprint density at radius 3 is 2.15 bits per heavy atom. The zero-order valence-electron chi connectivity index (χ0n) is 9.29. The summed E-state index contributed by atoms with van der Waals surface area (Å²) in [6, 6.07) is -0.0973. The summed E-state index contributed by atoms with van der Waals surface area (Å²) in [5.41, 5.74) is -0.0751. The molecule has 3 heteroatoms. The molecule has 0 heterocycles. The van der Waals surface area contributed by atoms with Crippen molar-refractivity contribution in [3.63, 3.8) is 0 Å². The summed E-state index contributed by atoms with van der Waals surface area (Å²) < 4.78 is 0. The number of amides is 1. The molecule has 0 saturated heterocycles. The van der Waals surface area contributed by atoms with Crippen molar-refractivity contribution in [2.24, 2.45) is 5.41 Å². The predicted molar refractivity (Wildman–Crippen MR) is 53.4 cm³/mol. The lowest BCUT2D eigenvalue weighted by atomic mass is 9.86. The van der Waals surface area contributed by atoms with Gasteiger partial charge < -0.3 is 10.0 Å². The molecule has 1 N–H and O–H groups in total. The lowest BCUT2D eigenvalue weighted by Gasteiger charge is -2.36. The van der Waals surface area contributed by atoms with Crippen molar-refractivity contribution in [1.82, 2.24) is 4.90 Å². The van der Waals surface area contributed by atoms with Gasteiger partial charge in [0.2, 0.25) is 5.91 Å². The van der Waals surface area contributed by atoms with Gasteiger partial charge in [0.05, 0.1) is 12.6 Å². The van der Waals surface area contributed by atoms with Crippen LogP contribution in [-0.4, -0.2) is 35.6 Å². The molecule has 0 aromatic carbocycles. The first-order chi connectivity index (χ1) is 5.84. The summed E-state index contributed by atoms with van der Waals surface area (Å²) in [6.45, 7) is 7.91. The van der Waals surface area contributed by atoms with Crippen molar-refractivity contribution in [2.75, 3.05) is 13.7 Å². The molecular formula is C10H21NO2. The summed E-state index contributed by atoms with van der Waals surface area (Å²) in [5, 5.41) is 9.18. The number of hydrogen-bond donors (Lipinski definition) is 1. The lowest BCUT2D eigenvalue weighted by Crippen LogP contribution is -2.47. The zero-order valence-corrected chi connectivity index (χ0v) is 9.29. The molecule has 0 fully saturated rings. The van der Waals surface area contributed by atoms with Gasteiger partial charge in [0.15, 0.2) is 0 Å². The third-order valence-corrected chi connectivity index (χ3v) is 2.34. The second kappa shape index (κ2) is 4.61. The molecule has 0 rings (SSSR count). The van der Waals surface area contributed by atoms with E-state index in [9.17, 15) is 9.90 Å². The van der Waals surface area contributed by atoms with Crippen LogP contribution in [0.1, 0.15) is 34.1 Å². The van der Waals surface area contributed by atoms with Crippen LogP contribution < -0.4 is 0 Å². The van der Waals surface area contributed by atoms with Gasteiger partial charge in [-0.2, -0.15) is 0 Å². The fraction of sp³-hybridized carbons (Fsp3) is 0.900. The number of hydrogen-bond acceptors (Lipinski definition) is 2. The smallest absolute Gasteiger partial charge is 0.222 e. The first-order valence-electron chi connectivity index (χ1n) is 4.71. The number of nitrogens with zero attached hydrogens (tertiary/aromatic N) is 1. The number of rotatable bonds is 3. The molecule has 0 saturated carbocycles. The monoisotopic (exact) mass is 187 g/mol. The van der Waals surface area contributed by atoms with Crippen LogP contribution in [0.5, 0.6) is 0 Å². The Hall–Kier alpha value is -0.570. The highest BCUT2D eigenvalue weighted by Crippen LogP contribution is 2.23. The maximum atomic E-state index is 11.4. The first-order valence-corrected chi connectivity index (χ1v) is 4.71.